The summed E-state index contributed by atoms with van der Waals surface area (Å²) in [6.45, 7) is 7.42. The van der Waals surface area contributed by atoms with Crippen molar-refractivity contribution in [3.63, 3.8) is 0 Å². The summed E-state index contributed by atoms with van der Waals surface area (Å²) in [7, 11) is 0. The van der Waals surface area contributed by atoms with E-state index < -0.39 is 11.5 Å². The SMILES string of the molecule is Cc1cc(C(N)=O)c2[nH]c3cc(C(C)(C)O)ccc3c2c1-c1cccc(-n2cnc3ccccc3c2=O)c1C. The molecule has 0 saturated carbocycles. The maximum Gasteiger partial charge on any atom is 0.265 e. The van der Waals surface area contributed by atoms with Crippen LogP contribution in [0, 0.1) is 13.8 Å². The van der Waals surface area contributed by atoms with Gasteiger partial charge >= 0.3 is 0 Å². The largest absolute Gasteiger partial charge is 0.386 e. The first-order valence-corrected chi connectivity index (χ1v) is 12.7. The number of hydrogen-bond donors (Lipinski definition) is 3. The summed E-state index contributed by atoms with van der Waals surface area (Å²) in [4.78, 5) is 33.8. The molecule has 2 aromatic heterocycles. The molecule has 0 fully saturated rings. The fourth-order valence-electron chi connectivity index (χ4n) is 5.54. The van der Waals surface area contributed by atoms with E-state index in [1.807, 2.05) is 74.5 Å². The molecule has 0 spiro atoms. The van der Waals surface area contributed by atoms with Crippen LogP contribution >= 0.6 is 0 Å². The van der Waals surface area contributed by atoms with Crippen molar-refractivity contribution in [2.75, 3.05) is 0 Å². The quantitative estimate of drug-likeness (QED) is 0.282. The zero-order chi connectivity index (χ0) is 27.6. The van der Waals surface area contributed by atoms with Crippen molar-refractivity contribution in [1.82, 2.24) is 14.5 Å². The lowest BCUT2D eigenvalue weighted by molar-refractivity contribution is 0.0787. The second-order valence-electron chi connectivity index (χ2n) is 10.6. The minimum Gasteiger partial charge on any atom is -0.386 e. The van der Waals surface area contributed by atoms with Crippen LogP contribution in [0.15, 0.2) is 77.9 Å². The minimum absolute atomic E-state index is 0.141. The number of carbonyl (C=O) groups is 1. The van der Waals surface area contributed by atoms with E-state index in [0.29, 0.717) is 22.0 Å². The van der Waals surface area contributed by atoms with Crippen LogP contribution in [0.2, 0.25) is 0 Å². The Morgan fingerprint density at radius 2 is 1.77 bits per heavy atom. The van der Waals surface area contributed by atoms with Crippen LogP contribution in [0.3, 0.4) is 0 Å². The zero-order valence-corrected chi connectivity index (χ0v) is 22.2. The van der Waals surface area contributed by atoms with Gasteiger partial charge in [-0.25, -0.2) is 4.98 Å². The molecule has 0 aliphatic heterocycles. The molecule has 194 valence electrons. The first kappa shape index (κ1) is 24.6. The van der Waals surface area contributed by atoms with E-state index in [1.165, 1.54) is 0 Å². The van der Waals surface area contributed by atoms with Crippen molar-refractivity contribution in [2.24, 2.45) is 5.73 Å². The van der Waals surface area contributed by atoms with Crippen LogP contribution in [0.5, 0.6) is 0 Å². The Kier molecular flexibility index (Phi) is 5.45. The highest BCUT2D eigenvalue weighted by molar-refractivity contribution is 6.20. The molecule has 0 aliphatic carbocycles. The fourth-order valence-corrected chi connectivity index (χ4v) is 5.54. The molecule has 7 heteroatoms. The molecule has 6 aromatic rings. The van der Waals surface area contributed by atoms with Crippen molar-refractivity contribution >= 4 is 38.6 Å². The number of para-hydroxylation sites is 1. The van der Waals surface area contributed by atoms with Gasteiger partial charge in [-0.15, -0.1) is 0 Å². The summed E-state index contributed by atoms with van der Waals surface area (Å²) < 4.78 is 1.58. The van der Waals surface area contributed by atoms with Crippen LogP contribution < -0.4 is 11.3 Å². The highest BCUT2D eigenvalue weighted by Crippen LogP contribution is 2.41. The molecule has 4 N–H and O–H groups in total. The maximum atomic E-state index is 13.4. The van der Waals surface area contributed by atoms with Crippen molar-refractivity contribution in [3.8, 4) is 16.8 Å². The molecule has 0 unspecified atom stereocenters. The van der Waals surface area contributed by atoms with Crippen LogP contribution in [0.25, 0.3) is 49.5 Å². The van der Waals surface area contributed by atoms with Crippen LogP contribution in [-0.4, -0.2) is 25.5 Å². The molecule has 0 aliphatic rings. The zero-order valence-electron chi connectivity index (χ0n) is 22.2. The van der Waals surface area contributed by atoms with Gasteiger partial charge in [0.25, 0.3) is 11.5 Å². The van der Waals surface area contributed by atoms with E-state index >= 15 is 0 Å². The summed E-state index contributed by atoms with van der Waals surface area (Å²) in [6, 6.07) is 20.7. The standard InChI is InChI=1S/C32H28N4O3/c1-17-14-23(30(33)37)29-28(21-13-12-19(32(3,4)39)15-25(21)35-29)27(17)20-9-7-11-26(18(20)2)36-16-34-24-10-6-5-8-22(24)31(36)38/h5-16,35,39H,1-4H3,(H2,33,37). The van der Waals surface area contributed by atoms with E-state index in [1.54, 1.807) is 30.8 Å². The van der Waals surface area contributed by atoms with Crippen molar-refractivity contribution in [3.05, 3.63) is 106 Å². The smallest absolute Gasteiger partial charge is 0.265 e. The van der Waals surface area contributed by atoms with Gasteiger partial charge in [0.2, 0.25) is 0 Å². The second kappa shape index (κ2) is 8.64. The Balaban J connectivity index is 1.67. The number of aryl methyl sites for hydroxylation is 1. The molecule has 0 atom stereocenters. The van der Waals surface area contributed by atoms with E-state index in [4.69, 9.17) is 5.73 Å². The first-order valence-electron chi connectivity index (χ1n) is 12.7. The van der Waals surface area contributed by atoms with Gasteiger partial charge in [-0.1, -0.05) is 36.4 Å². The maximum absolute atomic E-state index is 13.4. The number of rotatable bonds is 4. The molecule has 0 radical (unpaired) electrons. The molecule has 1 amide bonds. The number of benzene rings is 4. The Hall–Kier alpha value is -4.75. The first-order chi connectivity index (χ1) is 18.6. The van der Waals surface area contributed by atoms with Crippen LogP contribution in [0.4, 0.5) is 0 Å². The van der Waals surface area contributed by atoms with E-state index in [0.717, 1.165) is 49.8 Å². The van der Waals surface area contributed by atoms with Crippen LogP contribution in [-0.2, 0) is 5.60 Å². The Morgan fingerprint density at radius 1 is 1.00 bits per heavy atom. The number of primary amides is 1. The molecule has 2 heterocycles. The number of aromatic nitrogens is 3. The van der Waals surface area contributed by atoms with Gasteiger partial charge in [-0.3, -0.25) is 14.2 Å². The number of hydrogen-bond acceptors (Lipinski definition) is 4. The summed E-state index contributed by atoms with van der Waals surface area (Å²) in [5.74, 6) is -0.525. The van der Waals surface area contributed by atoms with Gasteiger partial charge in [-0.05, 0) is 85.8 Å². The second-order valence-corrected chi connectivity index (χ2v) is 10.6. The summed E-state index contributed by atoms with van der Waals surface area (Å²) >= 11 is 0. The predicted molar refractivity (Wildman–Crippen MR) is 155 cm³/mol. The Morgan fingerprint density at radius 3 is 2.51 bits per heavy atom. The number of nitrogens with zero attached hydrogens (tertiary/aromatic N) is 2. The summed E-state index contributed by atoms with van der Waals surface area (Å²) in [6.07, 6.45) is 1.57. The van der Waals surface area contributed by atoms with Gasteiger partial charge in [-0.2, -0.15) is 0 Å². The summed E-state index contributed by atoms with van der Waals surface area (Å²) in [5.41, 5.74) is 12.3. The molecule has 4 aromatic carbocycles. The number of aromatic amines is 1. The molecule has 39 heavy (non-hydrogen) atoms. The fraction of sp³-hybridized carbons (Fsp3) is 0.156. The summed E-state index contributed by atoms with van der Waals surface area (Å²) in [5, 5.41) is 12.9. The van der Waals surface area contributed by atoms with Gasteiger partial charge in [0.05, 0.1) is 33.3 Å². The third-order valence-electron chi connectivity index (χ3n) is 7.54. The third-order valence-corrected chi connectivity index (χ3v) is 7.54. The van der Waals surface area contributed by atoms with Gasteiger partial charge in [0.15, 0.2) is 0 Å². The van der Waals surface area contributed by atoms with E-state index in [-0.39, 0.29) is 5.56 Å². The Labute approximate surface area is 224 Å². The van der Waals surface area contributed by atoms with Gasteiger partial charge in [0.1, 0.15) is 6.33 Å². The number of nitrogens with two attached hydrogens (primary N) is 1. The normalized spacial score (nSPS) is 12.0. The van der Waals surface area contributed by atoms with Gasteiger partial charge < -0.3 is 15.8 Å². The monoisotopic (exact) mass is 516 g/mol. The molecular weight excluding hydrogens is 488 g/mol. The lowest BCUT2D eigenvalue weighted by Crippen LogP contribution is -2.19. The average molecular weight is 517 g/mol. The predicted octanol–water partition coefficient (Wildman–Crippen LogP) is 5.63. The van der Waals surface area contributed by atoms with Crippen molar-refractivity contribution < 1.29 is 9.90 Å². The average Bonchev–Trinajstić information content (AvgIpc) is 3.27. The number of amides is 1. The van der Waals surface area contributed by atoms with E-state index in [2.05, 4.69) is 9.97 Å². The number of aliphatic hydroxyl groups is 1. The van der Waals surface area contributed by atoms with Crippen molar-refractivity contribution in [2.45, 2.75) is 33.3 Å². The number of fused-ring (bicyclic) bond motifs is 4. The van der Waals surface area contributed by atoms with E-state index in [9.17, 15) is 14.7 Å². The molecular formula is C32H28N4O3. The highest BCUT2D eigenvalue weighted by Gasteiger charge is 2.23. The third kappa shape index (κ3) is 3.82. The minimum atomic E-state index is -1.02. The molecule has 0 bridgehead atoms. The molecule has 0 saturated heterocycles. The topological polar surface area (TPSA) is 114 Å². The lowest BCUT2D eigenvalue weighted by atomic mass is 9.89. The highest BCUT2D eigenvalue weighted by atomic mass is 16.3. The number of H-pyrrole nitrogens is 1. The number of nitrogens with one attached hydrogen (secondary N) is 1. The molecule has 6 rings (SSSR count). The van der Waals surface area contributed by atoms with Crippen LogP contribution in [0.1, 0.15) is 40.9 Å². The lowest BCUT2D eigenvalue weighted by Gasteiger charge is -2.18. The Bertz CT molecular complexity index is 2030. The van der Waals surface area contributed by atoms with Gasteiger partial charge in [0, 0.05) is 16.3 Å². The number of carbonyl (C=O) groups excluding carboxylic acids is 1. The molecule has 7 nitrogen and oxygen atoms in total. The van der Waals surface area contributed by atoms with Crippen molar-refractivity contribution in [1.29, 1.82) is 0 Å².